The number of benzene rings is 1. The zero-order valence-electron chi connectivity index (χ0n) is 15.1. The van der Waals surface area contributed by atoms with Gasteiger partial charge in [-0.3, -0.25) is 14.9 Å². The molecular formula is C19H24N2O5. The summed E-state index contributed by atoms with van der Waals surface area (Å²) < 4.78 is 4.90. The molecule has 0 saturated heterocycles. The number of fused-ring (bicyclic) bond motifs is 2. The van der Waals surface area contributed by atoms with Crippen molar-refractivity contribution in [2.75, 3.05) is 6.61 Å². The van der Waals surface area contributed by atoms with E-state index in [0.717, 1.165) is 18.4 Å². The SMILES string of the molecule is CCOC(=O)c1cc(C(=O)NC(C)C2CC3CCC2C3)cc([N+](=O)[O-])c1. The van der Waals surface area contributed by atoms with Crippen LogP contribution in [0.15, 0.2) is 18.2 Å². The Hall–Kier alpha value is -2.44. The van der Waals surface area contributed by atoms with Crippen LogP contribution in [0.3, 0.4) is 0 Å². The molecular weight excluding hydrogens is 336 g/mol. The molecule has 1 aromatic carbocycles. The maximum Gasteiger partial charge on any atom is 0.338 e. The molecule has 140 valence electrons. The number of nitro benzene ring substituents is 1. The Labute approximate surface area is 152 Å². The molecule has 0 aliphatic heterocycles. The first-order chi connectivity index (χ1) is 12.4. The third kappa shape index (κ3) is 3.71. The average molecular weight is 360 g/mol. The lowest BCUT2D eigenvalue weighted by Crippen LogP contribution is -2.40. The smallest absolute Gasteiger partial charge is 0.338 e. The number of esters is 1. The van der Waals surface area contributed by atoms with E-state index in [1.54, 1.807) is 6.92 Å². The van der Waals surface area contributed by atoms with Gasteiger partial charge in [-0.1, -0.05) is 6.42 Å². The van der Waals surface area contributed by atoms with E-state index >= 15 is 0 Å². The van der Waals surface area contributed by atoms with Crippen molar-refractivity contribution < 1.29 is 19.2 Å². The molecule has 4 atom stereocenters. The van der Waals surface area contributed by atoms with Crippen LogP contribution in [-0.4, -0.2) is 29.4 Å². The van der Waals surface area contributed by atoms with Crippen LogP contribution < -0.4 is 5.32 Å². The van der Waals surface area contributed by atoms with Gasteiger partial charge in [-0.25, -0.2) is 4.79 Å². The summed E-state index contributed by atoms with van der Waals surface area (Å²) in [4.78, 5) is 35.1. The summed E-state index contributed by atoms with van der Waals surface area (Å²) >= 11 is 0. The lowest BCUT2D eigenvalue weighted by Gasteiger charge is -2.28. The molecule has 0 aromatic heterocycles. The highest BCUT2D eigenvalue weighted by molar-refractivity contribution is 5.99. The topological polar surface area (TPSA) is 98.5 Å². The molecule has 2 aliphatic carbocycles. The summed E-state index contributed by atoms with van der Waals surface area (Å²) in [5, 5.41) is 14.1. The van der Waals surface area contributed by atoms with Gasteiger partial charge >= 0.3 is 5.97 Å². The Balaban J connectivity index is 1.77. The van der Waals surface area contributed by atoms with Crippen LogP contribution in [0.25, 0.3) is 0 Å². The van der Waals surface area contributed by atoms with Crippen molar-refractivity contribution in [1.82, 2.24) is 5.32 Å². The third-order valence-electron chi connectivity index (χ3n) is 5.70. The summed E-state index contributed by atoms with van der Waals surface area (Å²) in [7, 11) is 0. The van der Waals surface area contributed by atoms with E-state index in [9.17, 15) is 19.7 Å². The predicted molar refractivity (Wildman–Crippen MR) is 94.9 cm³/mol. The number of ether oxygens (including phenoxy) is 1. The molecule has 1 amide bonds. The second-order valence-electron chi connectivity index (χ2n) is 7.35. The Kier molecular flexibility index (Phi) is 5.25. The van der Waals surface area contributed by atoms with Crippen LogP contribution in [0.5, 0.6) is 0 Å². The highest BCUT2D eigenvalue weighted by Gasteiger charge is 2.42. The van der Waals surface area contributed by atoms with Gasteiger partial charge in [0.25, 0.3) is 11.6 Å². The number of nitro groups is 1. The number of nitrogens with one attached hydrogen (secondary N) is 1. The van der Waals surface area contributed by atoms with Crippen molar-refractivity contribution in [3.63, 3.8) is 0 Å². The minimum atomic E-state index is -0.675. The van der Waals surface area contributed by atoms with Gasteiger partial charge in [-0.15, -0.1) is 0 Å². The van der Waals surface area contributed by atoms with Gasteiger partial charge in [-0.2, -0.15) is 0 Å². The summed E-state index contributed by atoms with van der Waals surface area (Å²) in [6, 6.07) is 3.69. The number of hydrogen-bond acceptors (Lipinski definition) is 5. The minimum absolute atomic E-state index is 0.00288. The van der Waals surface area contributed by atoms with Crippen molar-refractivity contribution in [2.45, 2.75) is 45.6 Å². The molecule has 2 fully saturated rings. The highest BCUT2D eigenvalue weighted by Crippen LogP contribution is 2.49. The summed E-state index contributed by atoms with van der Waals surface area (Å²) in [5.74, 6) is 0.829. The maximum atomic E-state index is 12.6. The molecule has 3 rings (SSSR count). The lowest BCUT2D eigenvalue weighted by atomic mass is 9.84. The van der Waals surface area contributed by atoms with Gasteiger partial charge in [0.05, 0.1) is 17.1 Å². The largest absolute Gasteiger partial charge is 0.462 e. The number of rotatable bonds is 6. The molecule has 7 heteroatoms. The molecule has 2 bridgehead atoms. The minimum Gasteiger partial charge on any atom is -0.462 e. The van der Waals surface area contributed by atoms with E-state index in [-0.39, 0.29) is 29.5 Å². The monoisotopic (exact) mass is 360 g/mol. The molecule has 0 spiro atoms. The standard InChI is InChI=1S/C19H24N2O5/c1-3-26-19(23)15-8-14(9-16(10-15)21(24)25)18(22)20-11(2)17-7-12-4-5-13(17)6-12/h8-13,17H,3-7H2,1-2H3,(H,20,22). The molecule has 2 saturated carbocycles. The van der Waals surface area contributed by atoms with Crippen LogP contribution in [0, 0.1) is 27.9 Å². The fraction of sp³-hybridized carbons (Fsp3) is 0.579. The number of amides is 1. The Bertz CT molecular complexity index is 733. The fourth-order valence-corrected chi connectivity index (χ4v) is 4.48. The van der Waals surface area contributed by atoms with Crippen LogP contribution in [-0.2, 0) is 4.74 Å². The van der Waals surface area contributed by atoms with Gasteiger partial charge in [0.2, 0.25) is 0 Å². The van der Waals surface area contributed by atoms with E-state index in [2.05, 4.69) is 5.32 Å². The average Bonchev–Trinajstić information content (AvgIpc) is 3.24. The molecule has 1 aromatic rings. The summed E-state index contributed by atoms with van der Waals surface area (Å²) in [6.45, 7) is 3.80. The molecule has 4 unspecified atom stereocenters. The number of carbonyl (C=O) groups is 2. The van der Waals surface area contributed by atoms with Crippen molar-refractivity contribution in [3.05, 3.63) is 39.4 Å². The van der Waals surface area contributed by atoms with Crippen LogP contribution in [0.2, 0.25) is 0 Å². The zero-order chi connectivity index (χ0) is 18.8. The van der Waals surface area contributed by atoms with Crippen LogP contribution in [0.1, 0.15) is 60.2 Å². The Morgan fingerprint density at radius 1 is 1.27 bits per heavy atom. The summed E-state index contributed by atoms with van der Waals surface area (Å²) in [6.07, 6.45) is 4.89. The zero-order valence-corrected chi connectivity index (χ0v) is 15.1. The third-order valence-corrected chi connectivity index (χ3v) is 5.70. The van der Waals surface area contributed by atoms with Crippen molar-refractivity contribution in [1.29, 1.82) is 0 Å². The van der Waals surface area contributed by atoms with Gasteiger partial charge in [0, 0.05) is 23.7 Å². The van der Waals surface area contributed by atoms with Crippen LogP contribution in [0.4, 0.5) is 5.69 Å². The first kappa shape index (κ1) is 18.4. The van der Waals surface area contributed by atoms with Gasteiger partial charge in [-0.05, 0) is 56.9 Å². The number of hydrogen-bond donors (Lipinski definition) is 1. The maximum absolute atomic E-state index is 12.6. The van der Waals surface area contributed by atoms with Crippen molar-refractivity contribution >= 4 is 17.6 Å². The second-order valence-corrected chi connectivity index (χ2v) is 7.35. The molecule has 0 radical (unpaired) electrons. The van der Waals surface area contributed by atoms with E-state index < -0.39 is 16.8 Å². The highest BCUT2D eigenvalue weighted by atomic mass is 16.6. The lowest BCUT2D eigenvalue weighted by molar-refractivity contribution is -0.384. The van der Waals surface area contributed by atoms with Gasteiger partial charge in [0.15, 0.2) is 0 Å². The van der Waals surface area contributed by atoms with E-state index in [0.29, 0.717) is 11.8 Å². The fourth-order valence-electron chi connectivity index (χ4n) is 4.48. The molecule has 26 heavy (non-hydrogen) atoms. The van der Waals surface area contributed by atoms with Crippen molar-refractivity contribution in [3.8, 4) is 0 Å². The first-order valence-corrected chi connectivity index (χ1v) is 9.16. The molecule has 2 aliphatic rings. The summed E-state index contributed by atoms with van der Waals surface area (Å²) in [5.41, 5.74) is -0.177. The van der Waals surface area contributed by atoms with Crippen LogP contribution >= 0.6 is 0 Å². The molecule has 0 heterocycles. The van der Waals surface area contributed by atoms with Crippen molar-refractivity contribution in [2.24, 2.45) is 17.8 Å². The first-order valence-electron chi connectivity index (χ1n) is 9.16. The normalized spacial score (nSPS) is 24.9. The molecule has 1 N–H and O–H groups in total. The number of carbonyl (C=O) groups excluding carboxylic acids is 2. The van der Waals surface area contributed by atoms with E-state index in [4.69, 9.17) is 4.74 Å². The Morgan fingerprint density at radius 2 is 2.00 bits per heavy atom. The number of nitrogens with zero attached hydrogens (tertiary/aromatic N) is 1. The van der Waals surface area contributed by atoms with Gasteiger partial charge < -0.3 is 10.1 Å². The Morgan fingerprint density at radius 3 is 2.58 bits per heavy atom. The second kappa shape index (κ2) is 7.43. The van der Waals surface area contributed by atoms with E-state index in [1.165, 1.54) is 31.4 Å². The number of non-ortho nitro benzene ring substituents is 1. The van der Waals surface area contributed by atoms with Gasteiger partial charge in [0.1, 0.15) is 0 Å². The van der Waals surface area contributed by atoms with E-state index in [1.807, 2.05) is 6.92 Å². The molecule has 7 nitrogen and oxygen atoms in total. The quantitative estimate of drug-likeness (QED) is 0.477. The predicted octanol–water partition coefficient (Wildman–Crippen LogP) is 3.33.